The molecule has 0 fully saturated rings. The van der Waals surface area contributed by atoms with E-state index >= 15 is 0 Å². The van der Waals surface area contributed by atoms with Gasteiger partial charge in [0.2, 0.25) is 5.78 Å². The summed E-state index contributed by atoms with van der Waals surface area (Å²) >= 11 is 7.72. The van der Waals surface area contributed by atoms with Gasteiger partial charge in [0.05, 0.1) is 11.4 Å². The number of thioether (sulfide) groups is 1. The Morgan fingerprint density at radius 1 is 1.00 bits per heavy atom. The molecular formula is C24H15ClFNOS. The third kappa shape index (κ3) is 3.18. The van der Waals surface area contributed by atoms with E-state index in [-0.39, 0.29) is 11.6 Å². The Labute approximate surface area is 176 Å². The standard InChI is InChI=1S/C24H15ClFNOS/c25-19-8-5-9-20(26)18(19)14-27-13-15(16-6-1-3-10-21(16)27)12-23-24(28)17-7-2-4-11-22(17)29-23/h1-13H,14H2. The van der Waals surface area contributed by atoms with Gasteiger partial charge in [0.25, 0.3) is 0 Å². The molecule has 0 unspecified atom stereocenters. The van der Waals surface area contributed by atoms with Crippen molar-refractivity contribution in [2.45, 2.75) is 11.4 Å². The predicted octanol–water partition coefficient (Wildman–Crippen LogP) is 6.81. The van der Waals surface area contributed by atoms with Gasteiger partial charge in [0.15, 0.2) is 0 Å². The molecule has 1 aliphatic heterocycles. The zero-order valence-electron chi connectivity index (χ0n) is 15.2. The van der Waals surface area contributed by atoms with E-state index in [9.17, 15) is 9.18 Å². The average Bonchev–Trinajstić information content (AvgIpc) is 3.23. The number of Topliss-reactive ketones (excluding diaryl/α,β-unsaturated/α-hetero) is 1. The first-order valence-corrected chi connectivity index (χ1v) is 10.4. The highest BCUT2D eigenvalue weighted by molar-refractivity contribution is 8.04. The number of rotatable bonds is 3. The molecule has 0 amide bonds. The van der Waals surface area contributed by atoms with E-state index < -0.39 is 0 Å². The topological polar surface area (TPSA) is 22.0 Å². The number of hydrogen-bond acceptors (Lipinski definition) is 2. The number of carbonyl (C=O) groups excluding carboxylic acids is 1. The van der Waals surface area contributed by atoms with Crippen LogP contribution >= 0.6 is 23.4 Å². The second kappa shape index (κ2) is 7.21. The van der Waals surface area contributed by atoms with Crippen molar-refractivity contribution in [3.05, 3.63) is 105 Å². The van der Waals surface area contributed by atoms with Gasteiger partial charge in [-0.05, 0) is 36.4 Å². The maximum atomic E-state index is 14.3. The first kappa shape index (κ1) is 18.2. The smallest absolute Gasteiger partial charge is 0.200 e. The number of fused-ring (bicyclic) bond motifs is 2. The van der Waals surface area contributed by atoms with Gasteiger partial charge in [-0.1, -0.05) is 59.8 Å². The molecule has 5 rings (SSSR count). The summed E-state index contributed by atoms with van der Waals surface area (Å²) in [6.07, 6.45) is 3.88. The highest BCUT2D eigenvalue weighted by Crippen LogP contribution is 2.41. The SMILES string of the molecule is O=C1C(=Cc2cn(Cc3c(F)cccc3Cl)c3ccccc23)Sc2ccccc21. The summed E-state index contributed by atoms with van der Waals surface area (Å²) in [5, 5.41) is 1.41. The number of hydrogen-bond donors (Lipinski definition) is 0. The van der Waals surface area contributed by atoms with Crippen molar-refractivity contribution in [3.8, 4) is 0 Å². The summed E-state index contributed by atoms with van der Waals surface area (Å²) in [5.74, 6) is -0.285. The van der Waals surface area contributed by atoms with Crippen LogP contribution in [0.3, 0.4) is 0 Å². The summed E-state index contributed by atoms with van der Waals surface area (Å²) in [7, 11) is 0. The summed E-state index contributed by atoms with van der Waals surface area (Å²) in [5.41, 5.74) is 3.09. The Bertz CT molecular complexity index is 1290. The molecule has 0 atom stereocenters. The molecule has 0 bridgehead atoms. The molecule has 0 aliphatic carbocycles. The Kier molecular flexibility index (Phi) is 4.53. The van der Waals surface area contributed by atoms with E-state index in [1.54, 1.807) is 12.1 Å². The molecule has 0 saturated carbocycles. The molecule has 29 heavy (non-hydrogen) atoms. The second-order valence-corrected chi connectivity index (χ2v) is 8.36. The van der Waals surface area contributed by atoms with Crippen molar-refractivity contribution in [1.29, 1.82) is 0 Å². The largest absolute Gasteiger partial charge is 0.342 e. The highest BCUT2D eigenvalue weighted by Gasteiger charge is 2.25. The third-order valence-corrected chi connectivity index (χ3v) is 6.52. The minimum Gasteiger partial charge on any atom is -0.342 e. The molecular weight excluding hydrogens is 405 g/mol. The van der Waals surface area contributed by atoms with Gasteiger partial charge in [0, 0.05) is 43.7 Å². The van der Waals surface area contributed by atoms with Crippen LogP contribution in [0, 0.1) is 5.82 Å². The molecule has 0 saturated heterocycles. The number of nitrogens with zero attached hydrogens (tertiary/aromatic N) is 1. The summed E-state index contributed by atoms with van der Waals surface area (Å²) in [6.45, 7) is 0.316. The Morgan fingerprint density at radius 2 is 1.79 bits per heavy atom. The van der Waals surface area contributed by atoms with Gasteiger partial charge in [-0.3, -0.25) is 4.79 Å². The zero-order valence-corrected chi connectivity index (χ0v) is 16.8. The second-order valence-electron chi connectivity index (χ2n) is 6.87. The molecule has 3 aromatic carbocycles. The number of ketones is 1. The van der Waals surface area contributed by atoms with Crippen molar-refractivity contribution in [2.24, 2.45) is 0 Å². The van der Waals surface area contributed by atoms with E-state index in [0.717, 1.165) is 26.9 Å². The first-order valence-electron chi connectivity index (χ1n) is 9.16. The van der Waals surface area contributed by atoms with Crippen molar-refractivity contribution in [2.75, 3.05) is 0 Å². The number of aromatic nitrogens is 1. The van der Waals surface area contributed by atoms with Crippen LogP contribution in [-0.2, 0) is 6.54 Å². The quantitative estimate of drug-likeness (QED) is 0.340. The van der Waals surface area contributed by atoms with E-state index in [2.05, 4.69) is 0 Å². The van der Waals surface area contributed by atoms with Crippen LogP contribution in [0.5, 0.6) is 0 Å². The third-order valence-electron chi connectivity index (χ3n) is 5.07. The summed E-state index contributed by atoms with van der Waals surface area (Å²) in [6, 6.07) is 20.3. The molecule has 0 radical (unpaired) electrons. The minimum absolute atomic E-state index is 0.0413. The van der Waals surface area contributed by atoms with Crippen LogP contribution < -0.4 is 0 Å². The van der Waals surface area contributed by atoms with Crippen LogP contribution in [-0.4, -0.2) is 10.4 Å². The summed E-state index contributed by atoms with van der Waals surface area (Å²) < 4.78 is 16.3. The molecule has 5 heteroatoms. The lowest BCUT2D eigenvalue weighted by atomic mass is 10.1. The maximum Gasteiger partial charge on any atom is 0.200 e. The van der Waals surface area contributed by atoms with Gasteiger partial charge in [-0.25, -0.2) is 4.39 Å². The van der Waals surface area contributed by atoms with Crippen LogP contribution in [0.25, 0.3) is 17.0 Å². The van der Waals surface area contributed by atoms with Gasteiger partial charge in [-0.2, -0.15) is 0 Å². The predicted molar refractivity (Wildman–Crippen MR) is 117 cm³/mol. The molecule has 142 valence electrons. The monoisotopic (exact) mass is 419 g/mol. The Morgan fingerprint density at radius 3 is 2.62 bits per heavy atom. The average molecular weight is 420 g/mol. The molecule has 1 aromatic heterocycles. The van der Waals surface area contributed by atoms with Crippen molar-refractivity contribution in [3.63, 3.8) is 0 Å². The van der Waals surface area contributed by atoms with E-state index in [1.807, 2.05) is 65.4 Å². The van der Waals surface area contributed by atoms with E-state index in [0.29, 0.717) is 22.0 Å². The lowest BCUT2D eigenvalue weighted by molar-refractivity contribution is 0.104. The highest BCUT2D eigenvalue weighted by atomic mass is 35.5. The first-order chi connectivity index (χ1) is 14.1. The Hall–Kier alpha value is -2.82. The fraction of sp³-hybridized carbons (Fsp3) is 0.0417. The Balaban J connectivity index is 1.59. The molecule has 2 nitrogen and oxygen atoms in total. The molecule has 2 heterocycles. The maximum absolute atomic E-state index is 14.3. The normalized spacial score (nSPS) is 14.7. The minimum atomic E-state index is -0.327. The van der Waals surface area contributed by atoms with Gasteiger partial charge in [-0.15, -0.1) is 0 Å². The van der Waals surface area contributed by atoms with Gasteiger partial charge >= 0.3 is 0 Å². The number of para-hydroxylation sites is 1. The molecule has 0 N–H and O–H groups in total. The number of allylic oxidation sites excluding steroid dienone is 1. The molecule has 4 aromatic rings. The molecule has 0 spiro atoms. The van der Waals surface area contributed by atoms with Crippen LogP contribution in [0.15, 0.2) is 82.7 Å². The van der Waals surface area contributed by atoms with Crippen molar-refractivity contribution < 1.29 is 9.18 Å². The zero-order chi connectivity index (χ0) is 20.0. The van der Waals surface area contributed by atoms with Crippen LogP contribution in [0.2, 0.25) is 5.02 Å². The van der Waals surface area contributed by atoms with E-state index in [4.69, 9.17) is 11.6 Å². The van der Waals surface area contributed by atoms with E-state index in [1.165, 1.54) is 17.8 Å². The van der Waals surface area contributed by atoms with Crippen molar-refractivity contribution >= 4 is 46.1 Å². The van der Waals surface area contributed by atoms with Crippen LogP contribution in [0.1, 0.15) is 21.5 Å². The number of halogens is 2. The lowest BCUT2D eigenvalue weighted by Gasteiger charge is -2.08. The van der Waals surface area contributed by atoms with Crippen LogP contribution in [0.4, 0.5) is 4.39 Å². The van der Waals surface area contributed by atoms with Gasteiger partial charge < -0.3 is 4.57 Å². The van der Waals surface area contributed by atoms with Crippen molar-refractivity contribution in [1.82, 2.24) is 4.57 Å². The fourth-order valence-electron chi connectivity index (χ4n) is 3.65. The number of carbonyl (C=O) groups is 1. The fourth-order valence-corrected chi connectivity index (χ4v) is 4.92. The summed E-state index contributed by atoms with van der Waals surface area (Å²) in [4.78, 5) is 14.4. The molecule has 1 aliphatic rings. The number of benzene rings is 3. The lowest BCUT2D eigenvalue weighted by Crippen LogP contribution is -2.01. The van der Waals surface area contributed by atoms with Gasteiger partial charge in [0.1, 0.15) is 5.82 Å².